The summed E-state index contributed by atoms with van der Waals surface area (Å²) in [5.74, 6) is -2.46. The molecule has 0 spiro atoms. The Bertz CT molecular complexity index is 798. The van der Waals surface area contributed by atoms with E-state index in [4.69, 9.17) is 0 Å². The number of halogens is 1. The number of nitrogens with zero attached hydrogens (tertiary/aromatic N) is 2. The van der Waals surface area contributed by atoms with Crippen LogP contribution in [0, 0.1) is 0 Å². The van der Waals surface area contributed by atoms with Gasteiger partial charge in [-0.05, 0) is 13.8 Å². The zero-order chi connectivity index (χ0) is 17.4. The molecule has 24 heavy (non-hydrogen) atoms. The minimum atomic E-state index is -4.08. The summed E-state index contributed by atoms with van der Waals surface area (Å²) in [6, 6.07) is -1.61. The van der Waals surface area contributed by atoms with Gasteiger partial charge in [-0.1, -0.05) is 15.9 Å². The van der Waals surface area contributed by atoms with Crippen LogP contribution in [0.4, 0.5) is 0 Å². The summed E-state index contributed by atoms with van der Waals surface area (Å²) in [4.78, 5) is 28.6. The Kier molecular flexibility index (Phi) is 5.52. The normalized spacial score (nSPS) is 34.0. The molecule has 2 saturated heterocycles. The number of hydrogen-bond acceptors (Lipinski definition) is 8. The first kappa shape index (κ1) is 20.9. The van der Waals surface area contributed by atoms with E-state index in [0.717, 1.165) is 16.2 Å². The maximum atomic E-state index is 12.8. The van der Waals surface area contributed by atoms with E-state index in [-0.39, 0.29) is 56.4 Å². The summed E-state index contributed by atoms with van der Waals surface area (Å²) in [5.41, 5.74) is 0. The maximum absolute atomic E-state index is 12.8. The fourth-order valence-corrected chi connectivity index (χ4v) is 7.67. The van der Waals surface area contributed by atoms with Crippen molar-refractivity contribution in [1.82, 2.24) is 9.88 Å². The zero-order valence-corrected chi connectivity index (χ0v) is 19.3. The molecule has 3 rings (SSSR count). The van der Waals surface area contributed by atoms with Gasteiger partial charge in [0.05, 0.1) is 16.8 Å². The number of β-lactam (4-membered cyclic amide) rings is 1. The van der Waals surface area contributed by atoms with Crippen molar-refractivity contribution in [3.8, 4) is 0 Å². The van der Waals surface area contributed by atoms with Crippen LogP contribution < -0.4 is 56.5 Å². The van der Waals surface area contributed by atoms with Crippen LogP contribution in [0.25, 0.3) is 0 Å². The Morgan fingerprint density at radius 1 is 1.54 bits per heavy atom. The average molecular weight is 463 g/mol. The Morgan fingerprint density at radius 2 is 2.12 bits per heavy atom. The van der Waals surface area contributed by atoms with E-state index < -0.39 is 48.3 Å². The van der Waals surface area contributed by atoms with Gasteiger partial charge >= 0.3 is 51.4 Å². The van der Waals surface area contributed by atoms with Gasteiger partial charge in [-0.15, -0.1) is 11.3 Å². The van der Waals surface area contributed by atoms with E-state index in [9.17, 15) is 28.2 Å². The Labute approximate surface area is 193 Å². The van der Waals surface area contributed by atoms with Crippen LogP contribution in [0.1, 0.15) is 25.0 Å². The van der Waals surface area contributed by atoms with Crippen LogP contribution in [-0.2, 0) is 19.4 Å². The van der Waals surface area contributed by atoms with Crippen molar-refractivity contribution in [3.63, 3.8) is 0 Å². The number of amides is 1. The minimum absolute atomic E-state index is 0. The molecule has 4 atom stereocenters. The SMILES string of the molecule is CC1(C)[C@H](C(=O)[O-])N2C(=O)[C@@](Br)(C(O)c3nccs3)[C@H]2S1(=O)=O.[K+]. The number of thiazole rings is 1. The molecule has 1 aromatic heterocycles. The number of carbonyl (C=O) groups excluding carboxylic acids is 2. The molecule has 0 bridgehead atoms. The third-order valence-corrected chi connectivity index (χ3v) is 9.66. The molecule has 1 aromatic rings. The Hall–Kier alpha value is 0.596. The number of aliphatic hydroxyl groups excluding tert-OH is 1. The molecule has 8 nitrogen and oxygen atoms in total. The summed E-state index contributed by atoms with van der Waals surface area (Å²) in [6.45, 7) is 2.47. The topological polar surface area (TPSA) is 128 Å². The van der Waals surface area contributed by atoms with Gasteiger partial charge in [-0.3, -0.25) is 4.79 Å². The number of hydrogen-bond donors (Lipinski definition) is 1. The van der Waals surface area contributed by atoms with Crippen LogP contribution in [0.3, 0.4) is 0 Å². The maximum Gasteiger partial charge on any atom is 1.00 e. The number of rotatable bonds is 3. The first-order valence-electron chi connectivity index (χ1n) is 6.52. The minimum Gasteiger partial charge on any atom is -0.548 e. The van der Waals surface area contributed by atoms with Gasteiger partial charge in [-0.2, -0.15) is 0 Å². The number of aliphatic hydroxyl groups is 1. The van der Waals surface area contributed by atoms with Gasteiger partial charge in [0, 0.05) is 11.6 Å². The molecule has 12 heteroatoms. The molecule has 0 aliphatic carbocycles. The van der Waals surface area contributed by atoms with E-state index in [1.807, 2.05) is 0 Å². The van der Waals surface area contributed by atoms with Crippen LogP contribution in [0.5, 0.6) is 0 Å². The molecule has 2 aliphatic rings. The van der Waals surface area contributed by atoms with Gasteiger partial charge in [0.2, 0.25) is 5.91 Å². The summed E-state index contributed by atoms with van der Waals surface area (Å²) in [5, 5.41) is 22.1. The van der Waals surface area contributed by atoms with Gasteiger partial charge in [0.15, 0.2) is 19.5 Å². The molecule has 0 saturated carbocycles. The van der Waals surface area contributed by atoms with Crippen molar-refractivity contribution in [1.29, 1.82) is 0 Å². The molecule has 2 fully saturated rings. The monoisotopic (exact) mass is 462 g/mol. The molecule has 1 unspecified atom stereocenters. The average Bonchev–Trinajstić information content (AvgIpc) is 3.01. The smallest absolute Gasteiger partial charge is 0.548 e. The van der Waals surface area contributed by atoms with E-state index in [2.05, 4.69) is 20.9 Å². The van der Waals surface area contributed by atoms with Crippen molar-refractivity contribution in [2.45, 2.75) is 40.4 Å². The zero-order valence-electron chi connectivity index (χ0n) is 13.0. The van der Waals surface area contributed by atoms with Crippen LogP contribution in [0.2, 0.25) is 0 Å². The van der Waals surface area contributed by atoms with E-state index >= 15 is 0 Å². The first-order valence-corrected chi connectivity index (χ1v) is 9.74. The van der Waals surface area contributed by atoms with Crippen LogP contribution >= 0.6 is 27.3 Å². The Balaban J connectivity index is 0.00000208. The second-order valence-corrected chi connectivity index (χ2v) is 10.8. The second-order valence-electron chi connectivity index (χ2n) is 5.98. The number of sulfone groups is 1. The molecule has 1 N–H and O–H groups in total. The molecule has 3 heterocycles. The number of fused-ring (bicyclic) bond motifs is 1. The third-order valence-electron chi connectivity index (χ3n) is 4.44. The molecular weight excluding hydrogens is 451 g/mol. The molecule has 126 valence electrons. The van der Waals surface area contributed by atoms with Gasteiger partial charge < -0.3 is 19.9 Å². The van der Waals surface area contributed by atoms with Crippen LogP contribution in [-0.4, -0.2) is 55.8 Å². The summed E-state index contributed by atoms with van der Waals surface area (Å²) < 4.78 is 22.0. The van der Waals surface area contributed by atoms with E-state index in [1.165, 1.54) is 20.0 Å². The number of carboxylic acid groups (broad SMARTS) is 1. The van der Waals surface area contributed by atoms with Crippen molar-refractivity contribution in [3.05, 3.63) is 16.6 Å². The van der Waals surface area contributed by atoms with Crippen molar-refractivity contribution in [2.24, 2.45) is 0 Å². The number of carboxylic acids is 1. The second kappa shape index (κ2) is 6.34. The van der Waals surface area contributed by atoms with Gasteiger partial charge in [-0.25, -0.2) is 13.4 Å². The summed E-state index contributed by atoms with van der Waals surface area (Å²) in [7, 11) is -4.08. The summed E-state index contributed by atoms with van der Waals surface area (Å²) in [6.07, 6.45) is -0.0975. The molecule has 0 aromatic carbocycles. The molecule has 2 aliphatic heterocycles. The predicted octanol–water partition coefficient (Wildman–Crippen LogP) is -4.19. The van der Waals surface area contributed by atoms with E-state index in [1.54, 1.807) is 5.38 Å². The number of alkyl halides is 1. The molecule has 0 radical (unpaired) electrons. The number of aromatic nitrogens is 1. The summed E-state index contributed by atoms with van der Waals surface area (Å²) >= 11 is 4.13. The van der Waals surface area contributed by atoms with Crippen LogP contribution in [0.15, 0.2) is 11.6 Å². The molecule has 1 amide bonds. The van der Waals surface area contributed by atoms with Crippen molar-refractivity contribution < 1.29 is 79.6 Å². The van der Waals surface area contributed by atoms with E-state index in [0.29, 0.717) is 0 Å². The van der Waals surface area contributed by atoms with Gasteiger partial charge in [0.25, 0.3) is 0 Å². The Morgan fingerprint density at radius 3 is 2.58 bits per heavy atom. The first-order chi connectivity index (χ1) is 10.5. The fraction of sp³-hybridized carbons (Fsp3) is 0.583. The molecular formula is C12H12BrKN2O6S2. The van der Waals surface area contributed by atoms with Crippen molar-refractivity contribution in [2.75, 3.05) is 0 Å². The largest absolute Gasteiger partial charge is 1.00 e. The predicted molar refractivity (Wildman–Crippen MR) is 81.2 cm³/mol. The number of carbonyl (C=O) groups is 2. The quantitative estimate of drug-likeness (QED) is 0.274. The standard InChI is InChI=1S/C12H13BrN2O6S2.K/c1-11(2)5(8(17)18)15-9(19)12(13,10(15)23(11,20)21)6(16)7-14-3-4-22-7;/h3-6,10,16H,1-2H3,(H,17,18);/q;+1/p-1/t5-,6?,10+,12-;/m0./s1. The van der Waals surface area contributed by atoms with Gasteiger partial charge in [0.1, 0.15) is 11.1 Å². The fourth-order valence-electron chi connectivity index (χ4n) is 3.15. The third kappa shape index (κ3) is 2.38. The van der Waals surface area contributed by atoms with Crippen molar-refractivity contribution >= 4 is 49.0 Å². The number of aliphatic carboxylic acids is 1.